The average Bonchev–Trinajstić information content (AvgIpc) is 2.81. The first-order valence-electron chi connectivity index (χ1n) is 9.34. The Morgan fingerprint density at radius 1 is 1.13 bits per heavy atom. The van der Waals surface area contributed by atoms with Crippen molar-refractivity contribution in [1.29, 1.82) is 0 Å². The first-order chi connectivity index (χ1) is 14.5. The molecule has 0 aliphatic carbocycles. The summed E-state index contributed by atoms with van der Waals surface area (Å²) < 4.78 is 9.00. The maximum atomic E-state index is 10.3. The van der Waals surface area contributed by atoms with Gasteiger partial charge in [-0.05, 0) is 36.1 Å². The van der Waals surface area contributed by atoms with Gasteiger partial charge in [0, 0.05) is 18.3 Å². The molecule has 2 rings (SSSR count). The van der Waals surface area contributed by atoms with Gasteiger partial charge in [-0.2, -0.15) is 0 Å². The van der Waals surface area contributed by atoms with Gasteiger partial charge >= 0.3 is 0 Å². The van der Waals surface area contributed by atoms with Crippen LogP contribution in [0.3, 0.4) is 0 Å². The standard InChI is InChI=1S/C20H26N2O2.C2H4O2.C2H2/c1-15(20(23)19(21)14-17-6-4-3-5-7-17)22-13-12-16-8-10-18(24-2)11-9-16;1-4-2-3;1-2/h3-11,19-20,22-23H,1,12-14,21H2,2H3;2H,1H3;1-2H. The number of carbonyl (C=O) groups excluding carboxylic acids is 1. The Morgan fingerprint density at radius 3 is 2.20 bits per heavy atom. The molecular formula is C24H32N2O4. The number of hydrogen-bond acceptors (Lipinski definition) is 6. The molecule has 6 heteroatoms. The van der Waals surface area contributed by atoms with Crippen LogP contribution in [0.25, 0.3) is 0 Å². The van der Waals surface area contributed by atoms with Gasteiger partial charge in [-0.25, -0.2) is 0 Å². The van der Waals surface area contributed by atoms with Crippen LogP contribution in [0.15, 0.2) is 66.9 Å². The van der Waals surface area contributed by atoms with Crippen LogP contribution in [0.2, 0.25) is 0 Å². The van der Waals surface area contributed by atoms with Gasteiger partial charge in [0.2, 0.25) is 0 Å². The van der Waals surface area contributed by atoms with Gasteiger partial charge in [-0.15, -0.1) is 12.8 Å². The summed E-state index contributed by atoms with van der Waals surface area (Å²) in [5.41, 5.74) is 8.96. The highest BCUT2D eigenvalue weighted by molar-refractivity contribution is 5.36. The molecule has 0 heterocycles. The van der Waals surface area contributed by atoms with Crippen LogP contribution < -0.4 is 15.8 Å². The zero-order valence-corrected chi connectivity index (χ0v) is 17.7. The van der Waals surface area contributed by atoms with E-state index in [-0.39, 0.29) is 6.04 Å². The van der Waals surface area contributed by atoms with Gasteiger partial charge in [0.15, 0.2) is 0 Å². The minimum Gasteiger partial charge on any atom is -0.497 e. The Bertz CT molecular complexity index is 730. The van der Waals surface area contributed by atoms with Crippen LogP contribution in [0.4, 0.5) is 0 Å². The number of hydrogen-bond donors (Lipinski definition) is 3. The zero-order chi connectivity index (χ0) is 22.8. The van der Waals surface area contributed by atoms with Crippen LogP contribution in [0.1, 0.15) is 11.1 Å². The first-order valence-corrected chi connectivity index (χ1v) is 9.34. The number of rotatable bonds is 10. The molecule has 0 aliphatic rings. The van der Waals surface area contributed by atoms with Crippen molar-refractivity contribution in [2.45, 2.75) is 25.0 Å². The van der Waals surface area contributed by atoms with Gasteiger partial charge in [-0.1, -0.05) is 49.0 Å². The fourth-order valence-electron chi connectivity index (χ4n) is 2.52. The average molecular weight is 413 g/mol. The number of ether oxygens (including phenoxy) is 2. The molecule has 4 N–H and O–H groups in total. The smallest absolute Gasteiger partial charge is 0.292 e. The van der Waals surface area contributed by atoms with Crippen molar-refractivity contribution < 1.29 is 19.4 Å². The molecule has 2 aromatic rings. The lowest BCUT2D eigenvalue weighted by Crippen LogP contribution is -2.41. The number of nitrogens with two attached hydrogens (primary N) is 1. The molecule has 0 bridgehead atoms. The zero-order valence-electron chi connectivity index (χ0n) is 17.7. The van der Waals surface area contributed by atoms with E-state index < -0.39 is 6.10 Å². The van der Waals surface area contributed by atoms with E-state index in [1.54, 1.807) is 7.11 Å². The number of nitrogens with one attached hydrogen (secondary N) is 1. The summed E-state index contributed by atoms with van der Waals surface area (Å²) in [5, 5.41) is 13.5. The number of methoxy groups -OCH3 is 2. The third kappa shape index (κ3) is 10.9. The van der Waals surface area contributed by atoms with Crippen LogP contribution in [-0.4, -0.2) is 44.5 Å². The molecule has 0 amide bonds. The lowest BCUT2D eigenvalue weighted by atomic mass is 10.0. The number of aliphatic hydroxyl groups excluding tert-OH is 1. The molecule has 30 heavy (non-hydrogen) atoms. The fraction of sp³-hybridized carbons (Fsp3) is 0.292. The number of aliphatic hydroxyl groups is 1. The normalized spacial score (nSPS) is 11.3. The fourth-order valence-corrected chi connectivity index (χ4v) is 2.52. The van der Waals surface area contributed by atoms with Crippen molar-refractivity contribution in [3.05, 3.63) is 78.0 Å². The molecule has 0 aliphatic heterocycles. The van der Waals surface area contributed by atoms with Crippen molar-refractivity contribution in [3.8, 4) is 18.6 Å². The van der Waals surface area contributed by atoms with Gasteiger partial charge in [0.1, 0.15) is 11.9 Å². The topological polar surface area (TPSA) is 93.8 Å². The second kappa shape index (κ2) is 16.7. The van der Waals surface area contributed by atoms with E-state index in [9.17, 15) is 5.11 Å². The van der Waals surface area contributed by atoms with Gasteiger partial charge < -0.3 is 25.6 Å². The molecule has 0 aromatic heterocycles. The van der Waals surface area contributed by atoms with E-state index >= 15 is 0 Å². The van der Waals surface area contributed by atoms with Crippen LogP contribution >= 0.6 is 0 Å². The van der Waals surface area contributed by atoms with E-state index in [4.69, 9.17) is 15.3 Å². The third-order valence-electron chi connectivity index (χ3n) is 4.10. The summed E-state index contributed by atoms with van der Waals surface area (Å²) in [4.78, 5) is 8.95. The quantitative estimate of drug-likeness (QED) is 0.410. The largest absolute Gasteiger partial charge is 0.497 e. The van der Waals surface area contributed by atoms with Crippen molar-refractivity contribution >= 4 is 6.47 Å². The summed E-state index contributed by atoms with van der Waals surface area (Å²) in [7, 11) is 2.97. The molecule has 0 radical (unpaired) electrons. The Labute approximate surface area is 179 Å². The van der Waals surface area contributed by atoms with Crippen LogP contribution in [0.5, 0.6) is 5.75 Å². The molecule has 6 nitrogen and oxygen atoms in total. The second-order valence-electron chi connectivity index (χ2n) is 6.18. The van der Waals surface area contributed by atoms with Crippen molar-refractivity contribution in [1.82, 2.24) is 5.32 Å². The maximum absolute atomic E-state index is 10.3. The summed E-state index contributed by atoms with van der Waals surface area (Å²) in [6.45, 7) is 4.98. The highest BCUT2D eigenvalue weighted by Crippen LogP contribution is 2.12. The predicted octanol–water partition coefficient (Wildman–Crippen LogP) is 2.31. The molecule has 0 fully saturated rings. The van der Waals surface area contributed by atoms with E-state index in [2.05, 4.69) is 29.5 Å². The number of benzene rings is 2. The van der Waals surface area contributed by atoms with Crippen molar-refractivity contribution in [2.75, 3.05) is 20.8 Å². The van der Waals surface area contributed by atoms with Gasteiger partial charge in [0.25, 0.3) is 6.47 Å². The summed E-state index contributed by atoms with van der Waals surface area (Å²) in [5.74, 6) is 0.846. The van der Waals surface area contributed by atoms with Crippen LogP contribution in [0, 0.1) is 12.8 Å². The monoisotopic (exact) mass is 412 g/mol. The lowest BCUT2D eigenvalue weighted by Gasteiger charge is -2.22. The van der Waals surface area contributed by atoms with Crippen molar-refractivity contribution in [3.63, 3.8) is 0 Å². The third-order valence-corrected chi connectivity index (χ3v) is 4.10. The van der Waals surface area contributed by atoms with Gasteiger partial charge in [-0.3, -0.25) is 4.79 Å². The Morgan fingerprint density at radius 2 is 1.70 bits per heavy atom. The predicted molar refractivity (Wildman–Crippen MR) is 121 cm³/mol. The summed E-state index contributed by atoms with van der Waals surface area (Å²) in [6, 6.07) is 17.5. The lowest BCUT2D eigenvalue weighted by molar-refractivity contribution is -0.126. The molecule has 0 saturated heterocycles. The Kier molecular flexibility index (Phi) is 14.8. The molecule has 2 aromatic carbocycles. The van der Waals surface area contributed by atoms with E-state index in [1.165, 1.54) is 12.7 Å². The molecule has 2 atom stereocenters. The van der Waals surface area contributed by atoms with E-state index in [0.29, 0.717) is 25.1 Å². The number of carbonyl (C=O) groups is 1. The van der Waals surface area contributed by atoms with E-state index in [0.717, 1.165) is 17.7 Å². The minimum atomic E-state index is -0.777. The molecule has 0 saturated carbocycles. The van der Waals surface area contributed by atoms with Crippen LogP contribution in [-0.2, 0) is 22.4 Å². The Balaban J connectivity index is 0.00000125. The summed E-state index contributed by atoms with van der Waals surface area (Å²) in [6.07, 6.45) is 8.67. The molecule has 0 spiro atoms. The Hall–Kier alpha value is -3.27. The summed E-state index contributed by atoms with van der Waals surface area (Å²) >= 11 is 0. The van der Waals surface area contributed by atoms with Gasteiger partial charge in [0.05, 0.1) is 14.2 Å². The molecule has 2 unspecified atom stereocenters. The van der Waals surface area contributed by atoms with Crippen molar-refractivity contribution in [2.24, 2.45) is 5.73 Å². The highest BCUT2D eigenvalue weighted by Gasteiger charge is 2.18. The number of terminal acetylenes is 1. The highest BCUT2D eigenvalue weighted by atomic mass is 16.5. The molecular weight excluding hydrogens is 380 g/mol. The maximum Gasteiger partial charge on any atom is 0.292 e. The second-order valence-corrected chi connectivity index (χ2v) is 6.18. The molecule has 162 valence electrons. The van der Waals surface area contributed by atoms with E-state index in [1.807, 2.05) is 54.6 Å². The minimum absolute atomic E-state index is 0.375. The SMILES string of the molecule is C#C.C=C(NCCc1ccc(OC)cc1)C(O)C(N)Cc1ccccc1.COC=O. The first kappa shape index (κ1) is 26.7.